The molecule has 39 heavy (non-hydrogen) atoms. The Hall–Kier alpha value is -3.72. The first-order chi connectivity index (χ1) is 18.4. The molecule has 15 heteroatoms. The fourth-order valence-corrected chi connectivity index (χ4v) is 4.99. The van der Waals surface area contributed by atoms with Gasteiger partial charge in [-0.1, -0.05) is 51.2 Å². The van der Waals surface area contributed by atoms with Crippen LogP contribution < -0.4 is 10.6 Å². The van der Waals surface area contributed by atoms with Crippen LogP contribution in [0.25, 0.3) is 0 Å². The number of rotatable bonds is 12. The van der Waals surface area contributed by atoms with E-state index in [1.54, 1.807) is 0 Å². The molecule has 1 aromatic rings. The van der Waals surface area contributed by atoms with Crippen molar-refractivity contribution in [1.82, 2.24) is 24.7 Å². The summed E-state index contributed by atoms with van der Waals surface area (Å²) in [7, 11) is -4.77. The fourth-order valence-electron chi connectivity index (χ4n) is 4.30. The van der Waals surface area contributed by atoms with E-state index < -0.39 is 58.6 Å². The number of hydrogen-bond acceptors (Lipinski definition) is 8. The van der Waals surface area contributed by atoms with E-state index in [1.807, 2.05) is 0 Å². The van der Waals surface area contributed by atoms with Gasteiger partial charge in [0.2, 0.25) is 5.91 Å². The Balaban J connectivity index is 1.63. The number of benzene rings is 1. The van der Waals surface area contributed by atoms with Crippen LogP contribution in [0.1, 0.15) is 57.1 Å². The van der Waals surface area contributed by atoms with Crippen LogP contribution in [-0.2, 0) is 29.5 Å². The number of hydrogen-bond donors (Lipinski definition) is 4. The van der Waals surface area contributed by atoms with Crippen molar-refractivity contribution in [1.29, 1.82) is 0 Å². The van der Waals surface area contributed by atoms with Crippen LogP contribution in [0.4, 0.5) is 4.79 Å². The predicted octanol–water partition coefficient (Wildman–Crippen LogP) is 0.304. The van der Waals surface area contributed by atoms with Crippen LogP contribution >= 0.6 is 0 Å². The molecule has 0 aliphatic carbocycles. The second kappa shape index (κ2) is 12.9. The summed E-state index contributed by atoms with van der Waals surface area (Å²) in [4.78, 5) is 65.5. The van der Waals surface area contributed by atoms with Gasteiger partial charge in [-0.2, -0.15) is 8.42 Å². The highest BCUT2D eigenvalue weighted by molar-refractivity contribution is 7.84. The van der Waals surface area contributed by atoms with Gasteiger partial charge in [0.25, 0.3) is 5.91 Å². The largest absolute Gasteiger partial charge is 0.508 e. The van der Waals surface area contributed by atoms with Crippen LogP contribution in [-0.4, -0.2) is 94.1 Å². The van der Waals surface area contributed by atoms with Gasteiger partial charge in [0.1, 0.15) is 17.8 Å². The summed E-state index contributed by atoms with van der Waals surface area (Å²) in [6.45, 7) is 2.08. The van der Waals surface area contributed by atoms with E-state index in [1.165, 1.54) is 29.2 Å². The fraction of sp³-hybridized carbons (Fsp3) is 0.542. The van der Waals surface area contributed by atoms with Crippen molar-refractivity contribution in [3.8, 4) is 5.75 Å². The summed E-state index contributed by atoms with van der Waals surface area (Å²) < 4.78 is 31.5. The van der Waals surface area contributed by atoms with Crippen molar-refractivity contribution < 1.29 is 42.0 Å². The molecule has 2 atom stereocenters. The highest BCUT2D eigenvalue weighted by Crippen LogP contribution is 2.21. The van der Waals surface area contributed by atoms with Crippen LogP contribution in [0.3, 0.4) is 0 Å². The van der Waals surface area contributed by atoms with Gasteiger partial charge in [-0.25, -0.2) is 9.10 Å². The highest BCUT2D eigenvalue weighted by Gasteiger charge is 2.45. The maximum absolute atomic E-state index is 13.0. The van der Waals surface area contributed by atoms with Crippen molar-refractivity contribution in [2.24, 2.45) is 0 Å². The van der Waals surface area contributed by atoms with Gasteiger partial charge in [0, 0.05) is 19.6 Å². The van der Waals surface area contributed by atoms with Gasteiger partial charge in [0.05, 0.1) is 6.54 Å². The maximum Gasteiger partial charge on any atom is 0.362 e. The first-order valence-electron chi connectivity index (χ1n) is 12.7. The minimum absolute atomic E-state index is 0.0827. The minimum Gasteiger partial charge on any atom is -0.508 e. The molecule has 14 nitrogen and oxygen atoms in total. The predicted molar refractivity (Wildman–Crippen MR) is 136 cm³/mol. The quantitative estimate of drug-likeness (QED) is 0.119. The molecule has 6 amide bonds. The molecule has 2 unspecified atom stereocenters. The molecule has 2 aliphatic rings. The average molecular weight is 568 g/mol. The Morgan fingerprint density at radius 3 is 2.26 bits per heavy atom. The zero-order chi connectivity index (χ0) is 28.7. The molecule has 1 aromatic carbocycles. The van der Waals surface area contributed by atoms with Crippen LogP contribution in [0.15, 0.2) is 24.3 Å². The van der Waals surface area contributed by atoms with Crippen LogP contribution in [0.2, 0.25) is 0 Å². The monoisotopic (exact) mass is 567 g/mol. The molecule has 2 aliphatic heterocycles. The molecule has 0 aromatic heterocycles. The normalized spacial score (nSPS) is 18.6. The first-order valence-corrected chi connectivity index (χ1v) is 14.1. The lowest BCUT2D eigenvalue weighted by atomic mass is 10.0. The molecular formula is C24H33N5O9S. The standard InChI is InChI=1S/C24H33N5O9S/c1-2-3-4-5-6-7-12-27-13-14-28(23(34)22(27)33)24(35)26-19(16-8-10-17(30)11-9-16)20(31)25-18-15-29(21(18)32)39(36,37)38/h8-11,18-19,30H,2-7,12-15H2,1H3,(H,25,31)(H,26,35)(H,36,37,38). The number of carbonyl (C=O) groups is 5. The highest BCUT2D eigenvalue weighted by atomic mass is 32.2. The van der Waals surface area contributed by atoms with Crippen molar-refractivity contribution in [2.45, 2.75) is 57.5 Å². The van der Waals surface area contributed by atoms with Gasteiger partial charge >= 0.3 is 28.1 Å². The Kier molecular flexibility index (Phi) is 9.86. The number of phenols is 1. The van der Waals surface area contributed by atoms with E-state index in [0.29, 0.717) is 11.4 Å². The van der Waals surface area contributed by atoms with E-state index in [0.717, 1.165) is 38.5 Å². The van der Waals surface area contributed by atoms with E-state index in [4.69, 9.17) is 4.55 Å². The van der Waals surface area contributed by atoms with Crippen molar-refractivity contribution >= 4 is 40.0 Å². The van der Waals surface area contributed by atoms with E-state index in [-0.39, 0.29) is 28.7 Å². The van der Waals surface area contributed by atoms with E-state index in [2.05, 4.69) is 17.6 Å². The van der Waals surface area contributed by atoms with Gasteiger partial charge < -0.3 is 20.6 Å². The topological polar surface area (TPSA) is 194 Å². The summed E-state index contributed by atoms with van der Waals surface area (Å²) in [6.07, 6.45) is 6.09. The Morgan fingerprint density at radius 1 is 1.00 bits per heavy atom. The maximum atomic E-state index is 13.0. The number of carbonyl (C=O) groups excluding carboxylic acids is 5. The molecule has 0 spiro atoms. The summed E-state index contributed by atoms with van der Waals surface area (Å²) >= 11 is 0. The number of β-lactam (4-membered cyclic amide) rings is 1. The molecule has 0 saturated carbocycles. The van der Waals surface area contributed by atoms with Gasteiger partial charge in [0.15, 0.2) is 0 Å². The molecule has 2 fully saturated rings. The number of piperazine rings is 1. The number of nitrogens with zero attached hydrogens (tertiary/aromatic N) is 3. The third-order valence-corrected chi connectivity index (χ3v) is 7.47. The Bertz CT molecular complexity index is 1200. The Morgan fingerprint density at radius 2 is 1.64 bits per heavy atom. The molecular weight excluding hydrogens is 534 g/mol. The van der Waals surface area contributed by atoms with Gasteiger partial charge in [-0.15, -0.1) is 0 Å². The molecule has 0 radical (unpaired) electrons. The number of imide groups is 1. The number of unbranched alkanes of at least 4 members (excludes halogenated alkanes) is 5. The Labute approximate surface area is 226 Å². The first kappa shape index (κ1) is 29.8. The second-order valence-electron chi connectivity index (χ2n) is 9.40. The van der Waals surface area contributed by atoms with Gasteiger partial charge in [-0.3, -0.25) is 28.6 Å². The average Bonchev–Trinajstić information content (AvgIpc) is 2.88. The third-order valence-electron chi connectivity index (χ3n) is 6.58. The van der Waals surface area contributed by atoms with Crippen molar-refractivity contribution in [3.05, 3.63) is 29.8 Å². The molecule has 3 rings (SSSR count). The molecule has 214 valence electrons. The second-order valence-corrected chi connectivity index (χ2v) is 10.7. The van der Waals surface area contributed by atoms with Crippen LogP contribution in [0, 0.1) is 0 Å². The zero-order valence-corrected chi connectivity index (χ0v) is 22.4. The molecule has 0 bridgehead atoms. The minimum atomic E-state index is -4.77. The van der Waals surface area contributed by atoms with E-state index >= 15 is 0 Å². The van der Waals surface area contributed by atoms with Crippen molar-refractivity contribution in [3.63, 3.8) is 0 Å². The summed E-state index contributed by atoms with van der Waals surface area (Å²) in [6, 6.07) is 1.43. The lowest BCUT2D eigenvalue weighted by molar-refractivity contribution is -0.153. The van der Waals surface area contributed by atoms with E-state index in [9.17, 15) is 37.5 Å². The number of phenolic OH excluding ortho intramolecular Hbond substituents is 1. The molecule has 4 N–H and O–H groups in total. The van der Waals surface area contributed by atoms with Crippen molar-refractivity contribution in [2.75, 3.05) is 26.2 Å². The number of nitrogens with one attached hydrogen (secondary N) is 2. The number of amides is 6. The number of urea groups is 1. The van der Waals surface area contributed by atoms with Gasteiger partial charge in [-0.05, 0) is 24.1 Å². The summed E-state index contributed by atoms with van der Waals surface area (Å²) in [5.41, 5.74) is 0.178. The molecule has 2 heterocycles. The third kappa shape index (κ3) is 7.44. The van der Waals surface area contributed by atoms with Crippen LogP contribution in [0.5, 0.6) is 5.75 Å². The lowest BCUT2D eigenvalue weighted by Crippen LogP contribution is -2.66. The lowest BCUT2D eigenvalue weighted by Gasteiger charge is -2.36. The smallest absolute Gasteiger partial charge is 0.362 e. The zero-order valence-electron chi connectivity index (χ0n) is 21.5. The SMILES string of the molecule is CCCCCCCCN1CCN(C(=O)NC(C(=O)NC2CN(S(=O)(=O)O)C2=O)c2ccc(O)cc2)C(=O)C1=O. The number of aromatic hydroxyl groups is 1. The summed E-state index contributed by atoms with van der Waals surface area (Å²) in [5.74, 6) is -3.95. The molecule has 2 saturated heterocycles. The summed E-state index contributed by atoms with van der Waals surface area (Å²) in [5, 5.41) is 14.3.